The smallest absolute Gasteiger partial charge is 0.220 e. The zero-order valence-corrected chi connectivity index (χ0v) is 50.3. The largest absolute Gasteiger partial charge is 0.394 e. The Morgan fingerprint density at radius 2 is 0.750 bits per heavy atom. The Morgan fingerprint density at radius 3 is 1.11 bits per heavy atom. The number of rotatable bonds is 59. The van der Waals surface area contributed by atoms with Crippen molar-refractivity contribution >= 4 is 5.91 Å². The number of allylic oxidation sites excluding steroid dienone is 3. The number of carbonyl (C=O) groups is 1. The first-order chi connectivity index (χ1) is 37.3. The van der Waals surface area contributed by atoms with Gasteiger partial charge in [-0.3, -0.25) is 4.79 Å². The Labute approximate surface area is 470 Å². The van der Waals surface area contributed by atoms with Gasteiger partial charge >= 0.3 is 0 Å². The number of hydrogen-bond acceptors (Lipinski definition) is 8. The van der Waals surface area contributed by atoms with Crippen LogP contribution < -0.4 is 5.32 Å². The molecule has 0 aromatic heterocycles. The van der Waals surface area contributed by atoms with Crippen LogP contribution in [0.3, 0.4) is 0 Å². The minimum atomic E-state index is -1.57. The average molecular weight is 1080 g/mol. The van der Waals surface area contributed by atoms with Crippen molar-refractivity contribution in [3.63, 3.8) is 0 Å². The maximum atomic E-state index is 13.1. The summed E-state index contributed by atoms with van der Waals surface area (Å²) in [5.74, 6) is -0.178. The first-order valence-electron chi connectivity index (χ1n) is 33.6. The molecule has 1 saturated heterocycles. The highest BCUT2D eigenvalue weighted by Gasteiger charge is 2.44. The van der Waals surface area contributed by atoms with Crippen LogP contribution in [-0.4, -0.2) is 87.5 Å². The summed E-state index contributed by atoms with van der Waals surface area (Å²) >= 11 is 0. The Kier molecular flexibility index (Phi) is 54.4. The fraction of sp³-hybridized carbons (Fsp3) is 0.925. The zero-order chi connectivity index (χ0) is 55.0. The van der Waals surface area contributed by atoms with Crippen LogP contribution >= 0.6 is 0 Å². The number of unbranched alkanes of at least 4 members (excludes halogenated alkanes) is 47. The number of amides is 1. The van der Waals surface area contributed by atoms with E-state index in [9.17, 15) is 30.3 Å². The number of hydrogen-bond donors (Lipinski definition) is 6. The molecular formula is C67H129NO8. The van der Waals surface area contributed by atoms with E-state index < -0.39 is 49.5 Å². The van der Waals surface area contributed by atoms with Gasteiger partial charge in [0.1, 0.15) is 24.4 Å². The number of aliphatic hydroxyl groups excluding tert-OH is 5. The molecule has 7 unspecified atom stereocenters. The molecule has 1 aliphatic rings. The summed E-state index contributed by atoms with van der Waals surface area (Å²) in [6.07, 6.45) is 67.1. The lowest BCUT2D eigenvalue weighted by molar-refractivity contribution is -0.302. The molecule has 1 rings (SSSR count). The van der Waals surface area contributed by atoms with Gasteiger partial charge in [-0.25, -0.2) is 0 Å². The lowest BCUT2D eigenvalue weighted by atomic mass is 9.99. The molecule has 76 heavy (non-hydrogen) atoms. The van der Waals surface area contributed by atoms with E-state index in [4.69, 9.17) is 9.47 Å². The summed E-state index contributed by atoms with van der Waals surface area (Å²) in [7, 11) is 0. The summed E-state index contributed by atoms with van der Waals surface area (Å²) in [6, 6.07) is -0.819. The highest BCUT2D eigenvalue weighted by molar-refractivity contribution is 5.76. The van der Waals surface area contributed by atoms with Gasteiger partial charge in [-0.05, 0) is 32.1 Å². The Hall–Kier alpha value is -1.33. The lowest BCUT2D eigenvalue weighted by Gasteiger charge is -2.40. The van der Waals surface area contributed by atoms with Crippen LogP contribution in [-0.2, 0) is 14.3 Å². The third kappa shape index (κ3) is 45.4. The molecule has 1 amide bonds. The molecule has 0 spiro atoms. The third-order valence-corrected chi connectivity index (χ3v) is 16.3. The predicted octanol–water partition coefficient (Wildman–Crippen LogP) is 17.7. The van der Waals surface area contributed by atoms with Crippen molar-refractivity contribution in [1.29, 1.82) is 0 Å². The van der Waals surface area contributed by atoms with Gasteiger partial charge < -0.3 is 40.3 Å². The molecule has 0 saturated carbocycles. The van der Waals surface area contributed by atoms with Gasteiger partial charge in [0.25, 0.3) is 0 Å². The van der Waals surface area contributed by atoms with Crippen LogP contribution in [0.4, 0.5) is 0 Å². The molecule has 0 bridgehead atoms. The fourth-order valence-electron chi connectivity index (χ4n) is 11.0. The predicted molar refractivity (Wildman–Crippen MR) is 323 cm³/mol. The number of carbonyl (C=O) groups excluding carboxylic acids is 1. The van der Waals surface area contributed by atoms with Gasteiger partial charge in [0, 0.05) is 6.42 Å². The summed E-state index contributed by atoms with van der Waals surface area (Å²) in [6.45, 7) is 3.82. The number of ether oxygens (including phenoxy) is 2. The van der Waals surface area contributed by atoms with Gasteiger partial charge in [-0.15, -0.1) is 0 Å². The van der Waals surface area contributed by atoms with Crippen molar-refractivity contribution in [2.45, 2.75) is 384 Å². The molecule has 0 aromatic rings. The molecule has 9 heteroatoms. The summed E-state index contributed by atoms with van der Waals surface area (Å²) in [4.78, 5) is 13.1. The van der Waals surface area contributed by atoms with E-state index in [0.29, 0.717) is 6.42 Å². The number of nitrogens with one attached hydrogen (secondary N) is 1. The minimum absolute atomic E-state index is 0.178. The second kappa shape index (κ2) is 56.9. The average Bonchev–Trinajstić information content (AvgIpc) is 3.42. The van der Waals surface area contributed by atoms with Gasteiger partial charge in [-0.2, -0.15) is 0 Å². The second-order valence-electron chi connectivity index (χ2n) is 23.6. The maximum absolute atomic E-state index is 13.1. The van der Waals surface area contributed by atoms with Crippen LogP contribution in [0.1, 0.15) is 341 Å². The highest BCUT2D eigenvalue weighted by Crippen LogP contribution is 2.23. The zero-order valence-electron chi connectivity index (χ0n) is 50.3. The normalized spacial score (nSPS) is 18.9. The van der Waals surface area contributed by atoms with E-state index in [1.165, 1.54) is 283 Å². The van der Waals surface area contributed by atoms with Gasteiger partial charge in [0.05, 0.1) is 25.4 Å². The third-order valence-electron chi connectivity index (χ3n) is 16.3. The van der Waals surface area contributed by atoms with Crippen LogP contribution in [0.5, 0.6) is 0 Å². The first kappa shape index (κ1) is 72.7. The van der Waals surface area contributed by atoms with Crippen molar-refractivity contribution in [3.05, 3.63) is 24.3 Å². The first-order valence-corrected chi connectivity index (χ1v) is 33.6. The molecule has 7 atom stereocenters. The highest BCUT2D eigenvalue weighted by atomic mass is 16.7. The summed E-state index contributed by atoms with van der Waals surface area (Å²) < 4.78 is 11.3. The molecule has 0 radical (unpaired) electrons. The topological polar surface area (TPSA) is 149 Å². The molecular weight excluding hydrogens is 947 g/mol. The van der Waals surface area contributed by atoms with Crippen LogP contribution in [0, 0.1) is 0 Å². The van der Waals surface area contributed by atoms with E-state index in [-0.39, 0.29) is 12.5 Å². The van der Waals surface area contributed by atoms with Crippen molar-refractivity contribution in [1.82, 2.24) is 5.32 Å². The Bertz CT molecular complexity index is 1250. The molecule has 9 nitrogen and oxygen atoms in total. The standard InChI is InChI=1S/C67H129NO8/c1-3-5-7-9-11-13-15-17-19-21-23-25-27-28-29-30-31-32-33-34-35-37-39-41-43-45-47-49-51-53-55-57-63(71)68-60(59-75-67-66(74)65(73)64(72)62(58-69)76-67)61(70)56-54-52-50-48-46-44-42-40-38-36-26-24-22-20-18-16-14-12-10-8-6-4-2/h46,48,54,56,60-62,64-67,69-70,72-74H,3-45,47,49-53,55,57-59H2,1-2H3,(H,68,71)/b48-46+,56-54+. The molecule has 1 aliphatic heterocycles. The monoisotopic (exact) mass is 1080 g/mol. The molecule has 1 heterocycles. The summed E-state index contributed by atoms with van der Waals surface area (Å²) in [5.41, 5.74) is 0. The minimum Gasteiger partial charge on any atom is -0.394 e. The van der Waals surface area contributed by atoms with Gasteiger partial charge in [0.15, 0.2) is 6.29 Å². The van der Waals surface area contributed by atoms with Gasteiger partial charge in [0.2, 0.25) is 5.91 Å². The van der Waals surface area contributed by atoms with Gasteiger partial charge in [-0.1, -0.05) is 327 Å². The van der Waals surface area contributed by atoms with E-state index in [0.717, 1.165) is 38.5 Å². The summed E-state index contributed by atoms with van der Waals surface area (Å²) in [5, 5.41) is 54.7. The maximum Gasteiger partial charge on any atom is 0.220 e. The molecule has 1 fully saturated rings. The van der Waals surface area contributed by atoms with Crippen LogP contribution in [0.2, 0.25) is 0 Å². The Morgan fingerprint density at radius 1 is 0.434 bits per heavy atom. The lowest BCUT2D eigenvalue weighted by Crippen LogP contribution is -2.60. The molecule has 0 aromatic carbocycles. The van der Waals surface area contributed by atoms with E-state index in [1.807, 2.05) is 6.08 Å². The molecule has 6 N–H and O–H groups in total. The fourth-order valence-corrected chi connectivity index (χ4v) is 11.0. The van der Waals surface area contributed by atoms with E-state index in [2.05, 4.69) is 31.3 Å². The van der Waals surface area contributed by atoms with Crippen molar-refractivity contribution in [3.8, 4) is 0 Å². The molecule has 450 valence electrons. The Balaban J connectivity index is 2.14. The molecule has 0 aliphatic carbocycles. The SMILES string of the molecule is CCCCCCCCCCCCCCCCCC/C=C/CC/C=C/C(O)C(COC1OC(CO)C(O)C(O)C1O)NC(=O)CCCCCCCCCCCCCCCCCCCCCCCCCCCCCCCCC. The van der Waals surface area contributed by atoms with E-state index in [1.54, 1.807) is 6.08 Å². The van der Waals surface area contributed by atoms with Crippen molar-refractivity contribution in [2.75, 3.05) is 13.2 Å². The van der Waals surface area contributed by atoms with Crippen molar-refractivity contribution in [2.24, 2.45) is 0 Å². The van der Waals surface area contributed by atoms with Crippen LogP contribution in [0.25, 0.3) is 0 Å². The van der Waals surface area contributed by atoms with E-state index >= 15 is 0 Å². The van der Waals surface area contributed by atoms with Crippen molar-refractivity contribution < 1.29 is 39.8 Å². The quantitative estimate of drug-likeness (QED) is 0.0261. The second-order valence-corrected chi connectivity index (χ2v) is 23.6. The number of aliphatic hydroxyl groups is 5. The van der Waals surface area contributed by atoms with Crippen LogP contribution in [0.15, 0.2) is 24.3 Å².